The molecule has 5 heteroatoms. The molecular formula is C11H13N3O2. The van der Waals surface area contributed by atoms with Crippen LogP contribution in [-0.2, 0) is 16.1 Å². The Morgan fingerprint density at radius 2 is 2.50 bits per heavy atom. The minimum atomic E-state index is -0.266. The molecule has 0 aromatic carbocycles. The summed E-state index contributed by atoms with van der Waals surface area (Å²) < 4.78 is 4.54. The van der Waals surface area contributed by atoms with Crippen LogP contribution in [0.1, 0.15) is 5.56 Å². The molecule has 0 aliphatic heterocycles. The first-order valence-corrected chi connectivity index (χ1v) is 5.00. The summed E-state index contributed by atoms with van der Waals surface area (Å²) in [6, 6.07) is 3.88. The van der Waals surface area contributed by atoms with Gasteiger partial charge in [0.15, 0.2) is 0 Å². The molecule has 0 atom stereocenters. The van der Waals surface area contributed by atoms with Crippen molar-refractivity contribution in [3.63, 3.8) is 0 Å². The molecule has 2 N–H and O–H groups in total. The number of rotatable bonds is 4. The number of fused-ring (bicyclic) bond motifs is 1. The highest BCUT2D eigenvalue weighted by Gasteiger charge is 2.04. The van der Waals surface area contributed by atoms with Crippen LogP contribution in [0.5, 0.6) is 0 Å². The lowest BCUT2D eigenvalue weighted by Gasteiger charge is -2.01. The normalized spacial score (nSPS) is 10.6. The molecule has 16 heavy (non-hydrogen) atoms. The second kappa shape index (κ2) is 4.76. The SMILES string of the molecule is COC(=O)CNCc1c[nH]c2ncccc12. The molecule has 2 aromatic rings. The Morgan fingerprint density at radius 3 is 3.31 bits per heavy atom. The maximum absolute atomic E-state index is 10.9. The molecule has 0 aliphatic carbocycles. The average Bonchev–Trinajstić information content (AvgIpc) is 2.73. The zero-order valence-corrected chi connectivity index (χ0v) is 8.99. The third kappa shape index (κ3) is 2.20. The molecule has 0 radical (unpaired) electrons. The van der Waals surface area contributed by atoms with E-state index >= 15 is 0 Å². The summed E-state index contributed by atoms with van der Waals surface area (Å²) in [7, 11) is 1.37. The van der Waals surface area contributed by atoms with Crippen molar-refractivity contribution < 1.29 is 9.53 Å². The Morgan fingerprint density at radius 1 is 1.62 bits per heavy atom. The Bertz CT molecular complexity index is 493. The zero-order valence-electron chi connectivity index (χ0n) is 8.99. The highest BCUT2D eigenvalue weighted by Crippen LogP contribution is 2.14. The van der Waals surface area contributed by atoms with E-state index in [9.17, 15) is 4.79 Å². The van der Waals surface area contributed by atoms with Crippen molar-refractivity contribution in [1.82, 2.24) is 15.3 Å². The lowest BCUT2D eigenvalue weighted by molar-refractivity contribution is -0.139. The Kier molecular flexibility index (Phi) is 3.16. The minimum absolute atomic E-state index is 0.212. The van der Waals surface area contributed by atoms with E-state index in [2.05, 4.69) is 20.0 Å². The summed E-state index contributed by atoms with van der Waals surface area (Å²) in [6.45, 7) is 0.824. The van der Waals surface area contributed by atoms with Gasteiger partial charge in [0, 0.05) is 24.3 Å². The van der Waals surface area contributed by atoms with Crippen molar-refractivity contribution in [1.29, 1.82) is 0 Å². The number of nitrogens with zero attached hydrogens (tertiary/aromatic N) is 1. The van der Waals surface area contributed by atoms with Gasteiger partial charge in [-0.2, -0.15) is 0 Å². The number of pyridine rings is 1. The van der Waals surface area contributed by atoms with E-state index in [0.29, 0.717) is 6.54 Å². The fraction of sp³-hybridized carbons (Fsp3) is 0.273. The van der Waals surface area contributed by atoms with Gasteiger partial charge in [-0.05, 0) is 17.7 Å². The number of aromatic nitrogens is 2. The van der Waals surface area contributed by atoms with Gasteiger partial charge in [-0.3, -0.25) is 4.79 Å². The van der Waals surface area contributed by atoms with Crippen LogP contribution < -0.4 is 5.32 Å². The van der Waals surface area contributed by atoms with Crippen molar-refractivity contribution in [2.75, 3.05) is 13.7 Å². The monoisotopic (exact) mass is 219 g/mol. The van der Waals surface area contributed by atoms with Gasteiger partial charge in [0.1, 0.15) is 5.65 Å². The fourth-order valence-electron chi connectivity index (χ4n) is 1.53. The van der Waals surface area contributed by atoms with Crippen molar-refractivity contribution in [3.8, 4) is 0 Å². The number of H-pyrrole nitrogens is 1. The van der Waals surface area contributed by atoms with E-state index in [1.54, 1.807) is 6.20 Å². The van der Waals surface area contributed by atoms with Crippen molar-refractivity contribution in [2.24, 2.45) is 0 Å². The summed E-state index contributed by atoms with van der Waals surface area (Å²) >= 11 is 0. The van der Waals surface area contributed by atoms with Gasteiger partial charge in [0.25, 0.3) is 0 Å². The number of carbonyl (C=O) groups excluding carboxylic acids is 1. The zero-order chi connectivity index (χ0) is 11.4. The predicted molar refractivity (Wildman–Crippen MR) is 59.8 cm³/mol. The van der Waals surface area contributed by atoms with Crippen molar-refractivity contribution in [3.05, 3.63) is 30.1 Å². The summed E-state index contributed by atoms with van der Waals surface area (Å²) in [4.78, 5) is 18.2. The van der Waals surface area contributed by atoms with Crippen LogP contribution in [0.15, 0.2) is 24.5 Å². The van der Waals surface area contributed by atoms with Crippen LogP contribution >= 0.6 is 0 Å². The molecule has 2 rings (SSSR count). The molecule has 0 amide bonds. The second-order valence-corrected chi connectivity index (χ2v) is 3.39. The molecule has 0 saturated heterocycles. The maximum Gasteiger partial charge on any atom is 0.319 e. The number of aromatic amines is 1. The molecule has 0 fully saturated rings. The topological polar surface area (TPSA) is 67.0 Å². The Balaban J connectivity index is 2.02. The molecule has 0 unspecified atom stereocenters. The summed E-state index contributed by atoms with van der Waals surface area (Å²) in [5.74, 6) is -0.266. The number of hydrogen-bond donors (Lipinski definition) is 2. The first-order chi connectivity index (χ1) is 7.81. The highest BCUT2D eigenvalue weighted by molar-refractivity contribution is 5.79. The number of ether oxygens (including phenoxy) is 1. The number of nitrogens with one attached hydrogen (secondary N) is 2. The third-order valence-electron chi connectivity index (χ3n) is 2.35. The number of esters is 1. The molecule has 5 nitrogen and oxygen atoms in total. The van der Waals surface area contributed by atoms with Gasteiger partial charge in [0.05, 0.1) is 13.7 Å². The van der Waals surface area contributed by atoms with E-state index in [1.807, 2.05) is 18.3 Å². The molecule has 2 aromatic heterocycles. The molecule has 0 aliphatic rings. The molecule has 0 saturated carbocycles. The third-order valence-corrected chi connectivity index (χ3v) is 2.35. The van der Waals surface area contributed by atoms with E-state index < -0.39 is 0 Å². The fourth-order valence-corrected chi connectivity index (χ4v) is 1.53. The first-order valence-electron chi connectivity index (χ1n) is 5.00. The van der Waals surface area contributed by atoms with Gasteiger partial charge < -0.3 is 15.0 Å². The van der Waals surface area contributed by atoms with E-state index in [4.69, 9.17) is 0 Å². The van der Waals surface area contributed by atoms with E-state index in [0.717, 1.165) is 16.6 Å². The quantitative estimate of drug-likeness (QED) is 0.747. The van der Waals surface area contributed by atoms with Crippen LogP contribution in [-0.4, -0.2) is 29.6 Å². The van der Waals surface area contributed by atoms with Crippen LogP contribution in [0.3, 0.4) is 0 Å². The Hall–Kier alpha value is -1.88. The summed E-state index contributed by atoms with van der Waals surface area (Å²) in [5, 5.41) is 4.08. The number of hydrogen-bond acceptors (Lipinski definition) is 4. The van der Waals surface area contributed by atoms with Gasteiger partial charge in [-0.1, -0.05) is 0 Å². The van der Waals surface area contributed by atoms with Crippen LogP contribution in [0.25, 0.3) is 11.0 Å². The van der Waals surface area contributed by atoms with Crippen LogP contribution in [0.4, 0.5) is 0 Å². The van der Waals surface area contributed by atoms with Crippen molar-refractivity contribution in [2.45, 2.75) is 6.54 Å². The minimum Gasteiger partial charge on any atom is -0.468 e. The van der Waals surface area contributed by atoms with Gasteiger partial charge >= 0.3 is 5.97 Å². The standard InChI is InChI=1S/C11H13N3O2/c1-16-10(15)7-12-5-8-6-14-11-9(8)3-2-4-13-11/h2-4,6,12H,5,7H2,1H3,(H,13,14). The molecule has 0 spiro atoms. The highest BCUT2D eigenvalue weighted by atomic mass is 16.5. The van der Waals surface area contributed by atoms with Crippen LogP contribution in [0.2, 0.25) is 0 Å². The average molecular weight is 219 g/mol. The smallest absolute Gasteiger partial charge is 0.319 e. The predicted octanol–water partition coefficient (Wildman–Crippen LogP) is 0.825. The molecular weight excluding hydrogens is 206 g/mol. The lowest BCUT2D eigenvalue weighted by atomic mass is 10.2. The summed E-state index contributed by atoms with van der Waals surface area (Å²) in [6.07, 6.45) is 3.63. The molecule has 84 valence electrons. The van der Waals surface area contributed by atoms with E-state index in [-0.39, 0.29) is 12.5 Å². The number of methoxy groups -OCH3 is 1. The van der Waals surface area contributed by atoms with Gasteiger partial charge in [-0.15, -0.1) is 0 Å². The second-order valence-electron chi connectivity index (χ2n) is 3.39. The number of carbonyl (C=O) groups is 1. The van der Waals surface area contributed by atoms with Crippen LogP contribution in [0, 0.1) is 0 Å². The first kappa shape index (κ1) is 10.6. The van der Waals surface area contributed by atoms with Crippen molar-refractivity contribution >= 4 is 17.0 Å². The maximum atomic E-state index is 10.9. The van der Waals surface area contributed by atoms with E-state index in [1.165, 1.54) is 7.11 Å². The Labute approximate surface area is 92.8 Å². The lowest BCUT2D eigenvalue weighted by Crippen LogP contribution is -2.23. The molecule has 2 heterocycles. The summed E-state index contributed by atoms with van der Waals surface area (Å²) in [5.41, 5.74) is 1.95. The molecule has 0 bridgehead atoms. The van der Waals surface area contributed by atoms with Gasteiger partial charge in [0.2, 0.25) is 0 Å². The van der Waals surface area contributed by atoms with Gasteiger partial charge in [-0.25, -0.2) is 4.98 Å². The largest absolute Gasteiger partial charge is 0.468 e.